The van der Waals surface area contributed by atoms with E-state index in [0.717, 1.165) is 5.56 Å². The molecule has 2 aromatic carbocycles. The standard InChI is InChI=1S/C18H20ClF2N3O2/c1-22-18(23-10-12-4-3-5-14(19)8-12)24-11-13-9-15(25-2)6-7-16(13)26-17(20)21/h3-9,17H,10-11H2,1-2H3,(H2,22,23,24). The van der Waals surface area contributed by atoms with Crippen LogP contribution >= 0.6 is 11.6 Å². The molecule has 0 unspecified atom stereocenters. The van der Waals surface area contributed by atoms with Gasteiger partial charge in [0.25, 0.3) is 0 Å². The third-order valence-corrected chi connectivity index (χ3v) is 3.74. The minimum absolute atomic E-state index is 0.0820. The summed E-state index contributed by atoms with van der Waals surface area (Å²) in [6.07, 6.45) is 0. The fraction of sp³-hybridized carbons (Fsp3) is 0.278. The molecule has 2 N–H and O–H groups in total. The molecular weight excluding hydrogens is 364 g/mol. The van der Waals surface area contributed by atoms with Crippen molar-refractivity contribution < 1.29 is 18.3 Å². The van der Waals surface area contributed by atoms with Crippen LogP contribution in [0.3, 0.4) is 0 Å². The van der Waals surface area contributed by atoms with E-state index in [1.165, 1.54) is 13.2 Å². The average Bonchev–Trinajstić information content (AvgIpc) is 2.62. The van der Waals surface area contributed by atoms with Crippen LogP contribution in [0.1, 0.15) is 11.1 Å². The number of hydrogen-bond donors (Lipinski definition) is 2. The van der Waals surface area contributed by atoms with Gasteiger partial charge in [-0.2, -0.15) is 8.78 Å². The first-order valence-electron chi connectivity index (χ1n) is 7.82. The second-order valence-electron chi connectivity index (χ2n) is 5.26. The molecule has 0 aliphatic carbocycles. The van der Waals surface area contributed by atoms with E-state index < -0.39 is 6.61 Å². The molecule has 0 aliphatic heterocycles. The van der Waals surface area contributed by atoms with Crippen molar-refractivity contribution in [2.24, 2.45) is 4.99 Å². The first-order valence-corrected chi connectivity index (χ1v) is 8.20. The summed E-state index contributed by atoms with van der Waals surface area (Å²) in [5.74, 6) is 1.14. The number of aliphatic imine (C=N–C) groups is 1. The monoisotopic (exact) mass is 383 g/mol. The molecule has 0 fully saturated rings. The Labute approximate surface area is 156 Å². The van der Waals surface area contributed by atoms with Gasteiger partial charge >= 0.3 is 6.61 Å². The maximum Gasteiger partial charge on any atom is 0.387 e. The predicted molar refractivity (Wildman–Crippen MR) is 98.1 cm³/mol. The Kier molecular flexibility index (Phi) is 7.47. The SMILES string of the molecule is CN=C(NCc1cccc(Cl)c1)NCc1cc(OC)ccc1OC(F)F. The zero-order valence-electron chi connectivity index (χ0n) is 14.4. The normalized spacial score (nSPS) is 11.4. The number of halogens is 3. The Bertz CT molecular complexity index is 757. The number of guanidine groups is 1. The van der Waals surface area contributed by atoms with Gasteiger partial charge in [0, 0.05) is 30.7 Å². The zero-order chi connectivity index (χ0) is 18.9. The van der Waals surface area contributed by atoms with E-state index in [2.05, 4.69) is 20.4 Å². The van der Waals surface area contributed by atoms with Gasteiger partial charge in [-0.05, 0) is 35.9 Å². The van der Waals surface area contributed by atoms with Crippen molar-refractivity contribution in [2.75, 3.05) is 14.2 Å². The molecule has 0 saturated carbocycles. The van der Waals surface area contributed by atoms with E-state index in [1.807, 2.05) is 18.2 Å². The molecule has 0 spiro atoms. The molecule has 0 radical (unpaired) electrons. The fourth-order valence-electron chi connectivity index (χ4n) is 2.26. The minimum Gasteiger partial charge on any atom is -0.497 e. The number of benzene rings is 2. The molecule has 0 aromatic heterocycles. The molecule has 0 atom stereocenters. The Morgan fingerprint density at radius 3 is 2.58 bits per heavy atom. The Morgan fingerprint density at radius 2 is 1.92 bits per heavy atom. The third kappa shape index (κ3) is 6.07. The highest BCUT2D eigenvalue weighted by Gasteiger charge is 2.11. The maximum absolute atomic E-state index is 12.6. The molecule has 8 heteroatoms. The lowest BCUT2D eigenvalue weighted by molar-refractivity contribution is -0.0504. The topological polar surface area (TPSA) is 54.9 Å². The number of nitrogens with zero attached hydrogens (tertiary/aromatic N) is 1. The molecule has 2 rings (SSSR count). The van der Waals surface area contributed by atoms with E-state index in [1.54, 1.807) is 25.2 Å². The molecule has 2 aromatic rings. The number of hydrogen-bond acceptors (Lipinski definition) is 3. The van der Waals surface area contributed by atoms with Crippen molar-refractivity contribution in [3.05, 3.63) is 58.6 Å². The van der Waals surface area contributed by atoms with Gasteiger partial charge in [-0.15, -0.1) is 0 Å². The van der Waals surface area contributed by atoms with Gasteiger partial charge in [0.05, 0.1) is 7.11 Å². The van der Waals surface area contributed by atoms with Crippen molar-refractivity contribution in [1.82, 2.24) is 10.6 Å². The maximum atomic E-state index is 12.6. The predicted octanol–water partition coefficient (Wildman–Crippen LogP) is 3.82. The number of rotatable bonds is 7. The Balaban J connectivity index is 2.00. The Morgan fingerprint density at radius 1 is 1.15 bits per heavy atom. The van der Waals surface area contributed by atoms with Gasteiger partial charge in [-0.1, -0.05) is 23.7 Å². The lowest BCUT2D eigenvalue weighted by Crippen LogP contribution is -2.36. The fourth-order valence-corrected chi connectivity index (χ4v) is 2.48. The number of nitrogens with one attached hydrogen (secondary N) is 2. The van der Waals surface area contributed by atoms with E-state index in [9.17, 15) is 8.78 Å². The summed E-state index contributed by atoms with van der Waals surface area (Å²) in [7, 11) is 3.13. The summed E-state index contributed by atoms with van der Waals surface area (Å²) in [6, 6.07) is 12.1. The highest BCUT2D eigenvalue weighted by molar-refractivity contribution is 6.30. The van der Waals surface area contributed by atoms with Crippen LogP contribution in [0.25, 0.3) is 0 Å². The van der Waals surface area contributed by atoms with Crippen LogP contribution in [0.15, 0.2) is 47.5 Å². The molecule has 0 aliphatic rings. The molecular formula is C18H20ClF2N3O2. The summed E-state index contributed by atoms with van der Waals surface area (Å²) in [6.45, 7) is -2.16. The lowest BCUT2D eigenvalue weighted by Gasteiger charge is -2.15. The molecule has 0 amide bonds. The molecule has 26 heavy (non-hydrogen) atoms. The highest BCUT2D eigenvalue weighted by Crippen LogP contribution is 2.25. The quantitative estimate of drug-likeness (QED) is 0.564. The third-order valence-electron chi connectivity index (χ3n) is 3.50. The van der Waals surface area contributed by atoms with E-state index in [-0.39, 0.29) is 12.3 Å². The molecule has 0 saturated heterocycles. The van der Waals surface area contributed by atoms with Crippen molar-refractivity contribution in [2.45, 2.75) is 19.7 Å². The van der Waals surface area contributed by atoms with E-state index in [0.29, 0.717) is 28.8 Å². The average molecular weight is 384 g/mol. The summed E-state index contributed by atoms with van der Waals surface area (Å²) in [5, 5.41) is 6.84. The highest BCUT2D eigenvalue weighted by atomic mass is 35.5. The van der Waals surface area contributed by atoms with Gasteiger partial charge in [0.15, 0.2) is 5.96 Å². The summed E-state index contributed by atoms with van der Waals surface area (Å²) >= 11 is 5.96. The lowest BCUT2D eigenvalue weighted by atomic mass is 10.2. The van der Waals surface area contributed by atoms with Crippen LogP contribution in [0.5, 0.6) is 11.5 Å². The number of alkyl halides is 2. The Hall–Kier alpha value is -2.54. The molecule has 0 bridgehead atoms. The number of methoxy groups -OCH3 is 1. The summed E-state index contributed by atoms with van der Waals surface area (Å²) in [4.78, 5) is 4.12. The first kappa shape index (κ1) is 19.8. The van der Waals surface area contributed by atoms with Crippen LogP contribution in [-0.4, -0.2) is 26.7 Å². The van der Waals surface area contributed by atoms with E-state index in [4.69, 9.17) is 16.3 Å². The van der Waals surface area contributed by atoms with Crippen LogP contribution in [0, 0.1) is 0 Å². The summed E-state index contributed by atoms with van der Waals surface area (Å²) < 4.78 is 34.8. The molecule has 0 heterocycles. The minimum atomic E-state index is -2.90. The van der Waals surface area contributed by atoms with Gasteiger partial charge in [-0.3, -0.25) is 4.99 Å². The second kappa shape index (κ2) is 9.82. The second-order valence-corrected chi connectivity index (χ2v) is 5.70. The van der Waals surface area contributed by atoms with E-state index >= 15 is 0 Å². The van der Waals surface area contributed by atoms with Gasteiger partial charge in [0.1, 0.15) is 11.5 Å². The zero-order valence-corrected chi connectivity index (χ0v) is 15.2. The smallest absolute Gasteiger partial charge is 0.387 e. The van der Waals surface area contributed by atoms with Crippen LogP contribution in [0.4, 0.5) is 8.78 Å². The van der Waals surface area contributed by atoms with Crippen molar-refractivity contribution in [3.8, 4) is 11.5 Å². The summed E-state index contributed by atoms with van der Waals surface area (Å²) in [5.41, 5.74) is 1.51. The first-order chi connectivity index (χ1) is 12.5. The van der Waals surface area contributed by atoms with Crippen molar-refractivity contribution in [1.29, 1.82) is 0 Å². The van der Waals surface area contributed by atoms with Crippen LogP contribution in [0.2, 0.25) is 5.02 Å². The molecule has 140 valence electrons. The van der Waals surface area contributed by atoms with Gasteiger partial charge < -0.3 is 20.1 Å². The van der Waals surface area contributed by atoms with Gasteiger partial charge in [-0.25, -0.2) is 0 Å². The largest absolute Gasteiger partial charge is 0.497 e. The van der Waals surface area contributed by atoms with Gasteiger partial charge in [0.2, 0.25) is 0 Å². The number of ether oxygens (including phenoxy) is 2. The molecule has 5 nitrogen and oxygen atoms in total. The van der Waals surface area contributed by atoms with Crippen LogP contribution in [-0.2, 0) is 13.1 Å². The van der Waals surface area contributed by atoms with Crippen molar-refractivity contribution in [3.63, 3.8) is 0 Å². The van der Waals surface area contributed by atoms with Crippen molar-refractivity contribution >= 4 is 17.6 Å². The van der Waals surface area contributed by atoms with Crippen LogP contribution < -0.4 is 20.1 Å².